The van der Waals surface area contributed by atoms with Crippen molar-refractivity contribution in [2.45, 2.75) is 6.54 Å². The molecular weight excluding hydrogens is 293 g/mol. The number of carbonyl (C=O) groups excluding carboxylic acids is 1. The zero-order chi connectivity index (χ0) is 15.4. The number of hydrogen-bond donors (Lipinski definition) is 1. The molecule has 0 fully saturated rings. The van der Waals surface area contributed by atoms with Crippen molar-refractivity contribution in [1.82, 2.24) is 0 Å². The number of pyridine rings is 1. The third-order valence-electron chi connectivity index (χ3n) is 2.92. The highest BCUT2D eigenvalue weighted by Crippen LogP contribution is 2.19. The molecule has 0 atom stereocenters. The van der Waals surface area contributed by atoms with Crippen LogP contribution in [0.25, 0.3) is 0 Å². The number of hydrogen-bond acceptors (Lipinski definition) is 2. The van der Waals surface area contributed by atoms with Gasteiger partial charge in [0.25, 0.3) is 5.91 Å². The Morgan fingerprint density at radius 1 is 1.29 bits per heavy atom. The van der Waals surface area contributed by atoms with Gasteiger partial charge in [-0.1, -0.05) is 11.6 Å². The lowest BCUT2D eigenvalue weighted by atomic mass is 10.3. The molecule has 6 heteroatoms. The van der Waals surface area contributed by atoms with E-state index in [1.807, 2.05) is 43.5 Å². The highest BCUT2D eigenvalue weighted by molar-refractivity contribution is 6.31. The fourth-order valence-corrected chi connectivity index (χ4v) is 1.97. The van der Waals surface area contributed by atoms with Crippen molar-refractivity contribution >= 4 is 28.9 Å². The number of nitrogens with one attached hydrogen (secondary N) is 1. The van der Waals surface area contributed by atoms with E-state index < -0.39 is 5.82 Å². The van der Waals surface area contributed by atoms with Crippen molar-refractivity contribution < 1.29 is 13.8 Å². The van der Waals surface area contributed by atoms with E-state index in [2.05, 4.69) is 5.32 Å². The van der Waals surface area contributed by atoms with Crippen LogP contribution in [-0.4, -0.2) is 20.0 Å². The van der Waals surface area contributed by atoms with Gasteiger partial charge < -0.3 is 10.2 Å². The van der Waals surface area contributed by atoms with Gasteiger partial charge in [-0.15, -0.1) is 0 Å². The summed E-state index contributed by atoms with van der Waals surface area (Å²) in [7, 11) is 3.90. The number of aromatic nitrogens is 1. The molecular formula is C15H16ClFN3O+. The monoisotopic (exact) mass is 308 g/mol. The lowest BCUT2D eigenvalue weighted by Crippen LogP contribution is -2.39. The molecule has 1 amide bonds. The summed E-state index contributed by atoms with van der Waals surface area (Å²) < 4.78 is 14.8. The fourth-order valence-electron chi connectivity index (χ4n) is 1.79. The molecule has 0 aliphatic heterocycles. The molecule has 1 heterocycles. The highest BCUT2D eigenvalue weighted by atomic mass is 35.5. The van der Waals surface area contributed by atoms with E-state index in [-0.39, 0.29) is 17.5 Å². The zero-order valence-corrected chi connectivity index (χ0v) is 12.6. The summed E-state index contributed by atoms with van der Waals surface area (Å²) in [5.41, 5.74) is 1.52. The van der Waals surface area contributed by atoms with Gasteiger partial charge in [0.2, 0.25) is 6.54 Å². The second-order valence-electron chi connectivity index (χ2n) is 4.80. The number of halogens is 2. The van der Waals surface area contributed by atoms with E-state index in [1.54, 1.807) is 4.57 Å². The first-order valence-electron chi connectivity index (χ1n) is 6.37. The molecule has 110 valence electrons. The van der Waals surface area contributed by atoms with Crippen LogP contribution in [0.4, 0.5) is 15.8 Å². The van der Waals surface area contributed by atoms with Crippen LogP contribution in [0.3, 0.4) is 0 Å². The Bertz CT molecular complexity index is 644. The van der Waals surface area contributed by atoms with Gasteiger partial charge in [0.15, 0.2) is 12.4 Å². The zero-order valence-electron chi connectivity index (χ0n) is 11.8. The Morgan fingerprint density at radius 3 is 2.52 bits per heavy atom. The largest absolute Gasteiger partial charge is 0.377 e. The fraction of sp³-hybridized carbons (Fsp3) is 0.200. The molecule has 0 saturated heterocycles. The number of amides is 1. The van der Waals surface area contributed by atoms with E-state index in [1.165, 1.54) is 18.2 Å². The van der Waals surface area contributed by atoms with Gasteiger partial charge in [-0.3, -0.25) is 4.79 Å². The van der Waals surface area contributed by atoms with E-state index in [4.69, 9.17) is 11.6 Å². The molecule has 1 aromatic carbocycles. The topological polar surface area (TPSA) is 36.2 Å². The maximum atomic E-state index is 13.0. The summed E-state index contributed by atoms with van der Waals surface area (Å²) in [6.07, 6.45) is 3.65. The number of rotatable bonds is 4. The van der Waals surface area contributed by atoms with Crippen molar-refractivity contribution in [3.05, 3.63) is 53.6 Å². The molecule has 0 saturated carbocycles. The third kappa shape index (κ3) is 4.16. The summed E-state index contributed by atoms with van der Waals surface area (Å²) >= 11 is 5.67. The van der Waals surface area contributed by atoms with Gasteiger partial charge in [0, 0.05) is 37.6 Å². The molecule has 2 aromatic rings. The van der Waals surface area contributed by atoms with Crippen molar-refractivity contribution in [3.63, 3.8) is 0 Å². The van der Waals surface area contributed by atoms with Gasteiger partial charge in [-0.25, -0.2) is 4.39 Å². The average Bonchev–Trinajstić information content (AvgIpc) is 2.43. The smallest absolute Gasteiger partial charge is 0.290 e. The van der Waals surface area contributed by atoms with Crippen molar-refractivity contribution in [1.29, 1.82) is 0 Å². The van der Waals surface area contributed by atoms with Crippen molar-refractivity contribution in [2.75, 3.05) is 24.3 Å². The standard InChI is InChI=1S/C15H15ClFN3O/c1-19(2)12-5-7-20(8-6-12)10-15(21)18-11-3-4-14(17)13(16)9-11/h3-9H,10H2,1-2H3/p+1. The Kier molecular flexibility index (Phi) is 4.75. The van der Waals surface area contributed by atoms with Crippen LogP contribution in [0, 0.1) is 5.82 Å². The molecule has 0 unspecified atom stereocenters. The maximum absolute atomic E-state index is 13.0. The molecule has 0 spiro atoms. The first-order chi connectivity index (χ1) is 9.95. The Morgan fingerprint density at radius 2 is 1.95 bits per heavy atom. The summed E-state index contributed by atoms with van der Waals surface area (Å²) in [5.74, 6) is -0.719. The van der Waals surface area contributed by atoms with Crippen molar-refractivity contribution in [2.24, 2.45) is 0 Å². The summed E-state index contributed by atoms with van der Waals surface area (Å²) in [4.78, 5) is 13.9. The summed E-state index contributed by atoms with van der Waals surface area (Å²) in [5, 5.41) is 2.66. The molecule has 0 bridgehead atoms. The summed E-state index contributed by atoms with van der Waals surface area (Å²) in [6, 6.07) is 7.91. The predicted octanol–water partition coefficient (Wildman–Crippen LogP) is 2.47. The van der Waals surface area contributed by atoms with E-state index in [0.29, 0.717) is 5.69 Å². The second-order valence-corrected chi connectivity index (χ2v) is 5.21. The molecule has 1 N–H and O–H groups in total. The highest BCUT2D eigenvalue weighted by Gasteiger charge is 2.11. The van der Waals surface area contributed by atoms with Crippen LogP contribution in [0.15, 0.2) is 42.7 Å². The lowest BCUT2D eigenvalue weighted by Gasteiger charge is -2.10. The van der Waals surface area contributed by atoms with Gasteiger partial charge in [-0.05, 0) is 18.2 Å². The second kappa shape index (κ2) is 6.54. The molecule has 4 nitrogen and oxygen atoms in total. The summed E-state index contributed by atoms with van der Waals surface area (Å²) in [6.45, 7) is 0.169. The van der Waals surface area contributed by atoms with Crippen LogP contribution in [-0.2, 0) is 11.3 Å². The Labute approximate surface area is 127 Å². The van der Waals surface area contributed by atoms with Crippen molar-refractivity contribution in [3.8, 4) is 0 Å². The molecule has 0 aliphatic rings. The third-order valence-corrected chi connectivity index (χ3v) is 3.21. The number of anilines is 2. The SMILES string of the molecule is CN(C)c1cc[n+](CC(=O)Nc2ccc(F)c(Cl)c2)cc1. The lowest BCUT2D eigenvalue weighted by molar-refractivity contribution is -0.684. The quantitative estimate of drug-likeness (QED) is 0.881. The van der Waals surface area contributed by atoms with Crippen LogP contribution in [0.2, 0.25) is 5.02 Å². The van der Waals surface area contributed by atoms with Gasteiger partial charge in [0.1, 0.15) is 5.82 Å². The Hall–Kier alpha value is -2.14. The van der Waals surface area contributed by atoms with Gasteiger partial charge in [-0.2, -0.15) is 4.57 Å². The molecule has 21 heavy (non-hydrogen) atoms. The minimum absolute atomic E-state index is 0.0178. The normalized spacial score (nSPS) is 10.3. The molecule has 0 radical (unpaired) electrons. The molecule has 2 rings (SSSR count). The van der Waals surface area contributed by atoms with Crippen LogP contribution >= 0.6 is 11.6 Å². The average molecular weight is 309 g/mol. The predicted molar refractivity (Wildman–Crippen MR) is 81.0 cm³/mol. The number of benzene rings is 1. The minimum atomic E-state index is -0.511. The van der Waals surface area contributed by atoms with Crippen LogP contribution in [0.5, 0.6) is 0 Å². The molecule has 1 aromatic heterocycles. The van der Waals surface area contributed by atoms with Gasteiger partial charge in [0.05, 0.1) is 5.02 Å². The minimum Gasteiger partial charge on any atom is -0.377 e. The maximum Gasteiger partial charge on any atom is 0.290 e. The van der Waals surface area contributed by atoms with Crippen LogP contribution < -0.4 is 14.8 Å². The number of carbonyl (C=O) groups is 1. The molecule has 0 aliphatic carbocycles. The Balaban J connectivity index is 1.99. The van der Waals surface area contributed by atoms with Gasteiger partial charge >= 0.3 is 0 Å². The number of nitrogens with zero attached hydrogens (tertiary/aromatic N) is 2. The van der Waals surface area contributed by atoms with E-state index in [0.717, 1.165) is 5.69 Å². The van der Waals surface area contributed by atoms with Crippen LogP contribution in [0.1, 0.15) is 0 Å². The first kappa shape index (κ1) is 15.3. The first-order valence-corrected chi connectivity index (χ1v) is 6.75. The van der Waals surface area contributed by atoms with E-state index >= 15 is 0 Å². The van der Waals surface area contributed by atoms with E-state index in [9.17, 15) is 9.18 Å².